The number of hydrogen-bond acceptors (Lipinski definition) is 0. The van der Waals surface area contributed by atoms with E-state index in [0.29, 0.717) is 0 Å². The van der Waals surface area contributed by atoms with E-state index in [-0.39, 0.29) is 0 Å². The van der Waals surface area contributed by atoms with Gasteiger partial charge in [-0.25, -0.2) is 0 Å². The van der Waals surface area contributed by atoms with E-state index in [1.165, 1.54) is 109 Å². The fraction of sp³-hybridized carbons (Fsp3) is 0.200. The second-order valence-corrected chi connectivity index (χ2v) is 15.2. The van der Waals surface area contributed by atoms with Crippen molar-refractivity contribution in [2.24, 2.45) is 28.2 Å². The van der Waals surface area contributed by atoms with E-state index in [1.807, 2.05) is 55.4 Å². The van der Waals surface area contributed by atoms with Crippen molar-refractivity contribution in [2.45, 2.75) is 55.4 Å². The van der Waals surface area contributed by atoms with Crippen LogP contribution in [0, 0.1) is 0 Å². The van der Waals surface area contributed by atoms with Gasteiger partial charge in [0.1, 0.15) is 0 Å². The van der Waals surface area contributed by atoms with Gasteiger partial charge in [-0.2, -0.15) is 0 Å². The van der Waals surface area contributed by atoms with Gasteiger partial charge in [-0.1, -0.05) is 159 Å². The first-order valence-electron chi connectivity index (χ1n) is 23.3. The third-order valence-electron chi connectivity index (χ3n) is 12.3. The van der Waals surface area contributed by atoms with Gasteiger partial charge in [0.25, 0.3) is 0 Å². The lowest BCUT2D eigenvalue weighted by Crippen LogP contribution is -1.87. The Morgan fingerprint density at radius 1 is 0.203 bits per heavy atom. The molecule has 4 aromatic heterocycles. The molecule has 0 radical (unpaired) electrons. The van der Waals surface area contributed by atoms with Gasteiger partial charge < -0.3 is 18.3 Å². The fourth-order valence-electron chi connectivity index (χ4n) is 9.38. The molecule has 0 fully saturated rings. The normalized spacial score (nSPS) is 10.8. The van der Waals surface area contributed by atoms with Gasteiger partial charge in [-0.3, -0.25) is 0 Å². The molecular formula is C60H64N4. The summed E-state index contributed by atoms with van der Waals surface area (Å²) in [5, 5.41) is 10.5. The van der Waals surface area contributed by atoms with Crippen molar-refractivity contribution < 1.29 is 0 Å². The third kappa shape index (κ3) is 7.62. The molecule has 0 aliphatic carbocycles. The van der Waals surface area contributed by atoms with Gasteiger partial charge in [0.15, 0.2) is 0 Å². The quantitative estimate of drug-likeness (QED) is 0.165. The molecule has 0 unspecified atom stereocenters. The summed E-state index contributed by atoms with van der Waals surface area (Å²) in [6, 6.07) is 61.9. The Hall–Kier alpha value is -7.04. The Labute approximate surface area is 379 Å². The predicted molar refractivity (Wildman–Crippen MR) is 285 cm³/mol. The maximum Gasteiger partial charge on any atom is 0.0494 e. The van der Waals surface area contributed by atoms with E-state index in [0.717, 1.165) is 0 Å². The Bertz CT molecular complexity index is 3400. The summed E-state index contributed by atoms with van der Waals surface area (Å²) in [7, 11) is 8.59. The molecule has 4 heterocycles. The second kappa shape index (κ2) is 19.6. The van der Waals surface area contributed by atoms with Crippen LogP contribution in [0.4, 0.5) is 0 Å². The molecule has 0 saturated heterocycles. The molecule has 0 aliphatic rings. The largest absolute Gasteiger partial charge is 0.344 e. The van der Waals surface area contributed by atoms with Crippen molar-refractivity contribution in [3.05, 3.63) is 170 Å². The number of rotatable bonds is 2. The van der Waals surface area contributed by atoms with Gasteiger partial charge in [0, 0.05) is 115 Å². The van der Waals surface area contributed by atoms with Gasteiger partial charge in [-0.05, 0) is 89.0 Å². The Morgan fingerprint density at radius 2 is 0.422 bits per heavy atom. The minimum atomic E-state index is 1.26. The van der Waals surface area contributed by atoms with E-state index in [1.54, 1.807) is 0 Å². The zero-order valence-electron chi connectivity index (χ0n) is 40.0. The standard InChI is InChI=1S/2C26H20N2.4C2H6/c1-27-24-10-6-4-8-20(24)22-15-17(12-14-25(22)27)18-11-13-21-19-7-3-5-9-23(19)28(2)26(21)16-18;1-27-23-9-5-3-7-19(23)21-15-17(11-13-25(21)27)18-12-14-26-22(16-18)20-8-4-6-10-24(20)28(26)2;4*1-2/h2*3-16H,1-2H3;4*1-2H3. The number of aryl methyl sites for hydroxylation is 4. The first kappa shape index (κ1) is 45.0. The van der Waals surface area contributed by atoms with E-state index >= 15 is 0 Å². The molecule has 0 bridgehead atoms. The smallest absolute Gasteiger partial charge is 0.0494 e. The van der Waals surface area contributed by atoms with Crippen LogP contribution in [0.25, 0.3) is 109 Å². The molecule has 4 heteroatoms. The van der Waals surface area contributed by atoms with Crippen molar-refractivity contribution in [2.75, 3.05) is 0 Å². The highest BCUT2D eigenvalue weighted by Crippen LogP contribution is 2.37. The summed E-state index contributed by atoms with van der Waals surface area (Å²) in [6.45, 7) is 16.0. The van der Waals surface area contributed by atoms with Crippen LogP contribution in [0.15, 0.2) is 170 Å². The minimum absolute atomic E-state index is 1.26. The monoisotopic (exact) mass is 841 g/mol. The van der Waals surface area contributed by atoms with Crippen LogP contribution in [-0.2, 0) is 28.2 Å². The Morgan fingerprint density at radius 3 is 0.750 bits per heavy atom. The average molecular weight is 841 g/mol. The molecule has 0 saturated carbocycles. The summed E-state index contributed by atoms with van der Waals surface area (Å²) >= 11 is 0. The lowest BCUT2D eigenvalue weighted by molar-refractivity contribution is 1.01. The lowest BCUT2D eigenvalue weighted by Gasteiger charge is -2.05. The molecule has 12 aromatic rings. The van der Waals surface area contributed by atoms with E-state index in [9.17, 15) is 0 Å². The van der Waals surface area contributed by atoms with Crippen molar-refractivity contribution in [1.82, 2.24) is 18.3 Å². The topological polar surface area (TPSA) is 19.7 Å². The van der Waals surface area contributed by atoms with Crippen molar-refractivity contribution >= 4 is 87.2 Å². The van der Waals surface area contributed by atoms with E-state index in [4.69, 9.17) is 0 Å². The molecule has 12 rings (SSSR count). The van der Waals surface area contributed by atoms with Gasteiger partial charge >= 0.3 is 0 Å². The zero-order valence-corrected chi connectivity index (χ0v) is 40.0. The highest BCUT2D eigenvalue weighted by atomic mass is 15.0. The molecule has 4 nitrogen and oxygen atoms in total. The first-order chi connectivity index (χ1) is 31.4. The van der Waals surface area contributed by atoms with Crippen molar-refractivity contribution in [3.63, 3.8) is 0 Å². The second-order valence-electron chi connectivity index (χ2n) is 15.2. The predicted octanol–water partition coefficient (Wildman–Crippen LogP) is 17.4. The summed E-state index contributed by atoms with van der Waals surface area (Å²) in [5.74, 6) is 0. The van der Waals surface area contributed by atoms with Crippen molar-refractivity contribution in [3.8, 4) is 22.3 Å². The molecule has 324 valence electrons. The van der Waals surface area contributed by atoms with Gasteiger partial charge in [0.2, 0.25) is 0 Å². The molecule has 0 atom stereocenters. The van der Waals surface area contributed by atoms with Gasteiger partial charge in [0.05, 0.1) is 0 Å². The highest BCUT2D eigenvalue weighted by molar-refractivity contribution is 6.13. The molecule has 0 aliphatic heterocycles. The van der Waals surface area contributed by atoms with Crippen LogP contribution >= 0.6 is 0 Å². The average Bonchev–Trinajstić information content (AvgIpc) is 4.05. The van der Waals surface area contributed by atoms with E-state index in [2.05, 4.69) is 216 Å². The summed E-state index contributed by atoms with van der Waals surface area (Å²) in [6.07, 6.45) is 0. The Balaban J connectivity index is 0.000000166. The summed E-state index contributed by atoms with van der Waals surface area (Å²) in [5.41, 5.74) is 15.2. The van der Waals surface area contributed by atoms with Crippen LogP contribution in [0.1, 0.15) is 55.4 Å². The minimum Gasteiger partial charge on any atom is -0.344 e. The van der Waals surface area contributed by atoms with E-state index < -0.39 is 0 Å². The zero-order chi connectivity index (χ0) is 45.7. The molecular weight excluding hydrogens is 777 g/mol. The van der Waals surface area contributed by atoms with Crippen LogP contribution in [0.5, 0.6) is 0 Å². The first-order valence-corrected chi connectivity index (χ1v) is 23.3. The lowest BCUT2D eigenvalue weighted by atomic mass is 10.0. The fourth-order valence-corrected chi connectivity index (χ4v) is 9.38. The van der Waals surface area contributed by atoms with Crippen LogP contribution < -0.4 is 0 Å². The number of nitrogens with zero attached hydrogens (tertiary/aromatic N) is 4. The number of benzene rings is 8. The molecule has 8 aromatic carbocycles. The Kier molecular flexibility index (Phi) is 13.8. The van der Waals surface area contributed by atoms with Crippen LogP contribution in [-0.4, -0.2) is 18.3 Å². The van der Waals surface area contributed by atoms with Crippen molar-refractivity contribution in [1.29, 1.82) is 0 Å². The molecule has 0 amide bonds. The number of hydrogen-bond donors (Lipinski definition) is 0. The molecule has 64 heavy (non-hydrogen) atoms. The molecule has 0 spiro atoms. The number of aromatic nitrogens is 4. The third-order valence-corrected chi connectivity index (χ3v) is 12.3. The van der Waals surface area contributed by atoms with Crippen LogP contribution in [0.3, 0.4) is 0 Å². The number of fused-ring (bicyclic) bond motifs is 12. The maximum absolute atomic E-state index is 2.34. The molecule has 0 N–H and O–H groups in total. The highest BCUT2D eigenvalue weighted by Gasteiger charge is 2.14. The number of para-hydroxylation sites is 4. The van der Waals surface area contributed by atoms with Gasteiger partial charge in [-0.15, -0.1) is 0 Å². The SMILES string of the molecule is CC.CC.CC.CC.Cn1c2ccccc2c2cc(-c3ccc4c(c3)c3ccccc3n4C)ccc21.Cn1c2ccccc2c2cc(-c3ccc4c5ccccc5n(C)c4c3)ccc21. The summed E-state index contributed by atoms with van der Waals surface area (Å²) in [4.78, 5) is 0. The summed E-state index contributed by atoms with van der Waals surface area (Å²) < 4.78 is 9.14. The maximum atomic E-state index is 2.34. The van der Waals surface area contributed by atoms with Crippen LogP contribution in [0.2, 0.25) is 0 Å².